The van der Waals surface area contributed by atoms with Crippen molar-refractivity contribution in [1.82, 2.24) is 4.98 Å². The quantitative estimate of drug-likeness (QED) is 0.797. The van der Waals surface area contributed by atoms with E-state index in [1.165, 1.54) is 0 Å². The highest BCUT2D eigenvalue weighted by atomic mass is 16.1. The molecule has 110 valence electrons. The number of hydrogen-bond acceptors (Lipinski definition) is 2. The third-order valence-electron chi connectivity index (χ3n) is 3.65. The van der Waals surface area contributed by atoms with E-state index in [-0.39, 0.29) is 5.56 Å². The van der Waals surface area contributed by atoms with Crippen molar-refractivity contribution in [3.8, 4) is 22.4 Å². The maximum Gasteiger partial charge on any atom is 0.249 e. The van der Waals surface area contributed by atoms with Gasteiger partial charge in [-0.3, -0.25) is 4.79 Å². The van der Waals surface area contributed by atoms with Gasteiger partial charge in [-0.2, -0.15) is 0 Å². The van der Waals surface area contributed by atoms with E-state index in [0.29, 0.717) is 0 Å². The fourth-order valence-electron chi connectivity index (χ4n) is 2.44. The lowest BCUT2D eigenvalue weighted by molar-refractivity contribution is 1.13. The van der Waals surface area contributed by atoms with Crippen LogP contribution in [0.15, 0.2) is 71.5 Å². The number of H-pyrrole nitrogens is 1. The van der Waals surface area contributed by atoms with Gasteiger partial charge in [0.05, 0.1) is 0 Å². The second-order valence-electron chi connectivity index (χ2n) is 5.45. The largest absolute Gasteiger partial charge is 0.378 e. The Bertz CT molecular complexity index is 818. The van der Waals surface area contributed by atoms with Crippen molar-refractivity contribution < 1.29 is 0 Å². The van der Waals surface area contributed by atoms with Crippen LogP contribution < -0.4 is 10.5 Å². The average Bonchev–Trinajstić information content (AvgIpc) is 2.55. The lowest BCUT2D eigenvalue weighted by Gasteiger charge is -2.13. The Hall–Kier alpha value is -2.81. The summed E-state index contributed by atoms with van der Waals surface area (Å²) < 4.78 is 0. The Morgan fingerprint density at radius 1 is 0.773 bits per heavy atom. The van der Waals surface area contributed by atoms with Crippen molar-refractivity contribution >= 4 is 5.69 Å². The summed E-state index contributed by atoms with van der Waals surface area (Å²) in [5, 5.41) is 0. The summed E-state index contributed by atoms with van der Waals surface area (Å²) in [6.45, 7) is 0. The van der Waals surface area contributed by atoms with Gasteiger partial charge >= 0.3 is 0 Å². The monoisotopic (exact) mass is 290 g/mol. The number of nitrogens with one attached hydrogen (secondary N) is 1. The van der Waals surface area contributed by atoms with Crippen molar-refractivity contribution in [2.75, 3.05) is 19.0 Å². The van der Waals surface area contributed by atoms with E-state index in [9.17, 15) is 4.79 Å². The molecule has 0 aliphatic heterocycles. The van der Waals surface area contributed by atoms with Gasteiger partial charge in [0.2, 0.25) is 5.56 Å². The number of rotatable bonds is 3. The van der Waals surface area contributed by atoms with Crippen LogP contribution in [0.1, 0.15) is 0 Å². The first-order chi connectivity index (χ1) is 10.6. The summed E-state index contributed by atoms with van der Waals surface area (Å²) in [5.41, 5.74) is 4.85. The molecule has 0 atom stereocenters. The highest BCUT2D eigenvalue weighted by Crippen LogP contribution is 2.24. The second kappa shape index (κ2) is 5.90. The van der Waals surface area contributed by atoms with Gasteiger partial charge in [0.15, 0.2) is 0 Å². The molecule has 0 aliphatic rings. The molecule has 0 fully saturated rings. The molecule has 3 rings (SSSR count). The molecule has 3 nitrogen and oxygen atoms in total. The summed E-state index contributed by atoms with van der Waals surface area (Å²) >= 11 is 0. The van der Waals surface area contributed by atoms with Crippen molar-refractivity contribution in [2.24, 2.45) is 0 Å². The number of aromatic amines is 1. The SMILES string of the molecule is CN(C)c1ccc(-c2cc(-c3ccccc3)[nH]c(=O)c2)cc1. The standard InChI is InChI=1S/C19H18N2O/c1-21(2)17-10-8-14(9-11-17)16-12-18(20-19(22)13-16)15-6-4-3-5-7-15/h3-13H,1-2H3,(H,20,22). The zero-order chi connectivity index (χ0) is 15.5. The Labute approximate surface area is 129 Å². The summed E-state index contributed by atoms with van der Waals surface area (Å²) in [4.78, 5) is 16.9. The molecular weight excluding hydrogens is 272 g/mol. The topological polar surface area (TPSA) is 36.1 Å². The van der Waals surface area contributed by atoms with Crippen LogP contribution in [-0.4, -0.2) is 19.1 Å². The second-order valence-corrected chi connectivity index (χ2v) is 5.45. The van der Waals surface area contributed by atoms with Crippen molar-refractivity contribution in [3.05, 3.63) is 77.1 Å². The first kappa shape index (κ1) is 14.1. The summed E-state index contributed by atoms with van der Waals surface area (Å²) in [6.07, 6.45) is 0. The van der Waals surface area contributed by atoms with E-state index >= 15 is 0 Å². The molecule has 2 aromatic carbocycles. The smallest absolute Gasteiger partial charge is 0.249 e. The maximum atomic E-state index is 12.0. The molecule has 0 saturated heterocycles. The molecule has 0 saturated carbocycles. The number of pyridine rings is 1. The molecule has 0 unspecified atom stereocenters. The van der Waals surface area contributed by atoms with Crippen LogP contribution in [0.3, 0.4) is 0 Å². The van der Waals surface area contributed by atoms with Gasteiger partial charge in [0.1, 0.15) is 0 Å². The van der Waals surface area contributed by atoms with Gasteiger partial charge in [-0.05, 0) is 34.9 Å². The lowest BCUT2D eigenvalue weighted by atomic mass is 10.0. The van der Waals surface area contributed by atoms with E-state index in [4.69, 9.17) is 0 Å². The number of nitrogens with zero attached hydrogens (tertiary/aromatic N) is 1. The molecule has 1 N–H and O–H groups in total. The molecule has 3 heteroatoms. The number of aromatic nitrogens is 1. The normalized spacial score (nSPS) is 10.5. The molecule has 3 aromatic rings. The molecule has 0 bridgehead atoms. The minimum Gasteiger partial charge on any atom is -0.378 e. The minimum atomic E-state index is -0.0898. The van der Waals surface area contributed by atoms with Crippen LogP contribution in [0.5, 0.6) is 0 Å². The van der Waals surface area contributed by atoms with Gasteiger partial charge in [-0.15, -0.1) is 0 Å². The van der Waals surface area contributed by atoms with E-state index in [0.717, 1.165) is 28.1 Å². The summed E-state index contributed by atoms with van der Waals surface area (Å²) in [6, 6.07) is 21.7. The molecule has 0 amide bonds. The number of anilines is 1. The Balaban J connectivity index is 2.04. The van der Waals surface area contributed by atoms with Gasteiger partial charge in [0, 0.05) is 31.5 Å². The fourth-order valence-corrected chi connectivity index (χ4v) is 2.44. The van der Waals surface area contributed by atoms with Crippen LogP contribution in [0.4, 0.5) is 5.69 Å². The molecule has 22 heavy (non-hydrogen) atoms. The minimum absolute atomic E-state index is 0.0898. The van der Waals surface area contributed by atoms with Crippen LogP contribution in [0, 0.1) is 0 Å². The van der Waals surface area contributed by atoms with Crippen LogP contribution >= 0.6 is 0 Å². The van der Waals surface area contributed by atoms with Crippen LogP contribution in [0.25, 0.3) is 22.4 Å². The molecule has 1 heterocycles. The van der Waals surface area contributed by atoms with Crippen LogP contribution in [-0.2, 0) is 0 Å². The molecule has 1 aromatic heterocycles. The molecule has 0 radical (unpaired) electrons. The summed E-state index contributed by atoms with van der Waals surface area (Å²) in [5.74, 6) is 0. The van der Waals surface area contributed by atoms with E-state index in [1.807, 2.05) is 62.6 Å². The van der Waals surface area contributed by atoms with Crippen molar-refractivity contribution in [3.63, 3.8) is 0 Å². The molecule has 0 aliphatic carbocycles. The molecule has 0 spiro atoms. The van der Waals surface area contributed by atoms with Gasteiger partial charge < -0.3 is 9.88 Å². The van der Waals surface area contributed by atoms with Gasteiger partial charge in [-0.25, -0.2) is 0 Å². The third-order valence-corrected chi connectivity index (χ3v) is 3.65. The lowest BCUT2D eigenvalue weighted by Crippen LogP contribution is -2.08. The molecular formula is C19H18N2O. The highest BCUT2D eigenvalue weighted by Gasteiger charge is 2.04. The first-order valence-electron chi connectivity index (χ1n) is 7.21. The predicted molar refractivity (Wildman–Crippen MR) is 92.3 cm³/mol. The number of hydrogen-bond donors (Lipinski definition) is 1. The Kier molecular flexibility index (Phi) is 3.79. The van der Waals surface area contributed by atoms with Gasteiger partial charge in [-0.1, -0.05) is 42.5 Å². The van der Waals surface area contributed by atoms with Crippen LogP contribution in [0.2, 0.25) is 0 Å². The third kappa shape index (κ3) is 2.93. The van der Waals surface area contributed by atoms with Gasteiger partial charge in [0.25, 0.3) is 0 Å². The maximum absolute atomic E-state index is 12.0. The van der Waals surface area contributed by atoms with Crippen molar-refractivity contribution in [2.45, 2.75) is 0 Å². The predicted octanol–water partition coefficient (Wildman–Crippen LogP) is 3.77. The zero-order valence-electron chi connectivity index (χ0n) is 12.7. The zero-order valence-corrected chi connectivity index (χ0v) is 12.7. The van der Waals surface area contributed by atoms with Crippen molar-refractivity contribution in [1.29, 1.82) is 0 Å². The highest BCUT2D eigenvalue weighted by molar-refractivity contribution is 5.71. The van der Waals surface area contributed by atoms with E-state index in [1.54, 1.807) is 6.07 Å². The number of benzene rings is 2. The first-order valence-corrected chi connectivity index (χ1v) is 7.21. The van der Waals surface area contributed by atoms with E-state index in [2.05, 4.69) is 22.0 Å². The van der Waals surface area contributed by atoms with E-state index < -0.39 is 0 Å². The summed E-state index contributed by atoms with van der Waals surface area (Å²) in [7, 11) is 4.02. The Morgan fingerprint density at radius 3 is 2.09 bits per heavy atom. The Morgan fingerprint density at radius 2 is 1.45 bits per heavy atom. The fraction of sp³-hybridized carbons (Fsp3) is 0.105. The average molecular weight is 290 g/mol.